The topological polar surface area (TPSA) is 151 Å². The minimum Gasteiger partial charge on any atom is -0.496 e. The van der Waals surface area contributed by atoms with E-state index in [1.54, 1.807) is 4.72 Å². The van der Waals surface area contributed by atoms with Gasteiger partial charge in [0.1, 0.15) is 21.7 Å². The average molecular weight is 478 g/mol. The number of aryl methyl sites for hydroxylation is 1. The number of halogens is 1. The maximum Gasteiger partial charge on any atom is 0.343 e. The van der Waals surface area contributed by atoms with Crippen molar-refractivity contribution in [2.75, 3.05) is 26.6 Å². The lowest BCUT2D eigenvalue weighted by Gasteiger charge is -2.11. The van der Waals surface area contributed by atoms with E-state index in [2.05, 4.69) is 36.1 Å². The van der Waals surface area contributed by atoms with Crippen LogP contribution in [0, 0.1) is 0 Å². The first-order valence-electron chi connectivity index (χ1n) is 7.37. The van der Waals surface area contributed by atoms with Crippen molar-refractivity contribution in [2.24, 2.45) is 7.05 Å². The van der Waals surface area contributed by atoms with Crippen molar-refractivity contribution in [3.63, 3.8) is 0 Å². The summed E-state index contributed by atoms with van der Waals surface area (Å²) in [7, 11) is 0.650. The zero-order valence-corrected chi connectivity index (χ0v) is 17.5. The molecule has 0 fully saturated rings. The molecule has 2 heterocycles. The molecule has 28 heavy (non-hydrogen) atoms. The molecule has 0 aromatic carbocycles. The van der Waals surface area contributed by atoms with Crippen LogP contribution >= 0.6 is 15.9 Å². The van der Waals surface area contributed by atoms with Gasteiger partial charge in [0, 0.05) is 19.2 Å². The summed E-state index contributed by atoms with van der Waals surface area (Å²) in [6.45, 7) is 0. The van der Waals surface area contributed by atoms with E-state index in [4.69, 9.17) is 9.47 Å². The first-order valence-corrected chi connectivity index (χ1v) is 9.65. The first-order chi connectivity index (χ1) is 13.1. The van der Waals surface area contributed by atoms with Gasteiger partial charge in [0.2, 0.25) is 5.88 Å². The predicted octanol–water partition coefficient (Wildman–Crippen LogP) is 0.892. The zero-order chi connectivity index (χ0) is 21.1. The summed E-state index contributed by atoms with van der Waals surface area (Å²) in [4.78, 5) is 28.0. The highest BCUT2D eigenvalue weighted by molar-refractivity contribution is 9.10. The number of nitrogens with one attached hydrogen (secondary N) is 2. The molecule has 0 atom stereocenters. The van der Waals surface area contributed by atoms with Crippen molar-refractivity contribution in [1.82, 2.24) is 19.5 Å². The Labute approximate surface area is 168 Å². The lowest BCUT2D eigenvalue weighted by Crippen LogP contribution is -2.36. The molecule has 0 aliphatic heterocycles. The molecule has 2 aromatic rings. The number of sulfonamides is 1. The van der Waals surface area contributed by atoms with E-state index in [0.717, 1.165) is 11.8 Å². The SMILES string of the molecule is COC(=O)c1c(Br)nn(C)c1S(=O)(=O)NC(=O)Nc1cc(OC)cc(OC)n1. The standard InChI is InChI=1S/C14H16BrN5O7S/c1-20-12(10(11(15)18-20)13(21)27-4)28(23,24)19-14(22)17-8-5-7(25-2)6-9(16-8)26-3/h5-6H,1-4H3,(H2,16,17,19,22). The van der Waals surface area contributed by atoms with E-state index >= 15 is 0 Å². The minimum absolute atomic E-state index is 0.0247. The Hall–Kier alpha value is -2.87. The number of nitrogens with zero attached hydrogens (tertiary/aromatic N) is 3. The molecule has 0 aliphatic carbocycles. The van der Waals surface area contributed by atoms with E-state index in [-0.39, 0.29) is 21.9 Å². The number of esters is 1. The molecule has 2 rings (SSSR count). The number of amides is 2. The second-order valence-corrected chi connectivity index (χ2v) is 7.43. The van der Waals surface area contributed by atoms with E-state index in [1.807, 2.05) is 0 Å². The molecule has 0 aliphatic rings. The van der Waals surface area contributed by atoms with Gasteiger partial charge in [-0.3, -0.25) is 10.00 Å². The summed E-state index contributed by atoms with van der Waals surface area (Å²) in [5.41, 5.74) is -0.355. The number of methoxy groups -OCH3 is 3. The smallest absolute Gasteiger partial charge is 0.343 e. The summed E-state index contributed by atoms with van der Waals surface area (Å²) in [6, 6.07) is 1.70. The molecule has 0 spiro atoms. The lowest BCUT2D eigenvalue weighted by molar-refractivity contribution is 0.0594. The van der Waals surface area contributed by atoms with Gasteiger partial charge < -0.3 is 14.2 Å². The van der Waals surface area contributed by atoms with E-state index < -0.39 is 27.0 Å². The monoisotopic (exact) mass is 477 g/mol. The van der Waals surface area contributed by atoms with Crippen LogP contribution in [0.15, 0.2) is 21.8 Å². The molecule has 0 radical (unpaired) electrons. The van der Waals surface area contributed by atoms with Gasteiger partial charge in [-0.1, -0.05) is 0 Å². The summed E-state index contributed by atoms with van der Waals surface area (Å²) >= 11 is 2.99. The van der Waals surface area contributed by atoms with Crippen molar-refractivity contribution in [2.45, 2.75) is 5.03 Å². The van der Waals surface area contributed by atoms with Gasteiger partial charge in [0.25, 0.3) is 10.0 Å². The second kappa shape index (κ2) is 8.43. The van der Waals surface area contributed by atoms with Crippen LogP contribution in [0.5, 0.6) is 11.6 Å². The maximum atomic E-state index is 12.6. The van der Waals surface area contributed by atoms with Crippen LogP contribution in [0.2, 0.25) is 0 Å². The van der Waals surface area contributed by atoms with Gasteiger partial charge in [-0.25, -0.2) is 14.3 Å². The predicted molar refractivity (Wildman–Crippen MR) is 98.9 cm³/mol. The number of anilines is 1. The third-order valence-electron chi connectivity index (χ3n) is 3.28. The fourth-order valence-electron chi connectivity index (χ4n) is 2.14. The number of carbonyl (C=O) groups excluding carboxylic acids is 2. The molecule has 12 nitrogen and oxygen atoms in total. The van der Waals surface area contributed by atoms with Crippen molar-refractivity contribution in [3.8, 4) is 11.6 Å². The molecule has 152 valence electrons. The van der Waals surface area contributed by atoms with Gasteiger partial charge in [0.15, 0.2) is 5.03 Å². The third kappa shape index (κ3) is 4.51. The number of hydrogen-bond acceptors (Lipinski definition) is 9. The van der Waals surface area contributed by atoms with Crippen molar-refractivity contribution >= 4 is 43.8 Å². The number of carbonyl (C=O) groups is 2. The molecular formula is C14H16BrN5O7S. The largest absolute Gasteiger partial charge is 0.496 e. The molecular weight excluding hydrogens is 462 g/mol. The van der Waals surface area contributed by atoms with Crippen molar-refractivity contribution in [1.29, 1.82) is 0 Å². The minimum atomic E-state index is -4.49. The van der Waals surface area contributed by atoms with Gasteiger partial charge >= 0.3 is 12.0 Å². The maximum absolute atomic E-state index is 12.6. The number of pyridine rings is 1. The van der Waals surface area contributed by atoms with Gasteiger partial charge in [-0.2, -0.15) is 18.5 Å². The second-order valence-electron chi connectivity index (χ2n) is 5.08. The Balaban J connectivity index is 2.31. The molecule has 0 saturated carbocycles. The number of aromatic nitrogens is 3. The van der Waals surface area contributed by atoms with Crippen molar-refractivity contribution in [3.05, 3.63) is 22.3 Å². The highest BCUT2D eigenvalue weighted by Crippen LogP contribution is 2.25. The van der Waals surface area contributed by atoms with E-state index in [0.29, 0.717) is 5.75 Å². The van der Waals surface area contributed by atoms with Crippen LogP contribution in [0.25, 0.3) is 0 Å². The lowest BCUT2D eigenvalue weighted by atomic mass is 10.4. The Bertz CT molecular complexity index is 999. The van der Waals surface area contributed by atoms with Gasteiger partial charge in [-0.05, 0) is 15.9 Å². The fraction of sp³-hybridized carbons (Fsp3) is 0.286. The fourth-order valence-corrected chi connectivity index (χ4v) is 4.09. The Morgan fingerprint density at radius 1 is 1.18 bits per heavy atom. The van der Waals surface area contributed by atoms with Crippen molar-refractivity contribution < 1.29 is 32.2 Å². The summed E-state index contributed by atoms with van der Waals surface area (Å²) in [5, 5.41) is 5.51. The van der Waals surface area contributed by atoms with Crippen LogP contribution < -0.4 is 19.5 Å². The Morgan fingerprint density at radius 2 is 1.86 bits per heavy atom. The van der Waals surface area contributed by atoms with E-state index in [1.165, 1.54) is 33.4 Å². The number of rotatable bonds is 6. The molecule has 0 saturated heterocycles. The van der Waals surface area contributed by atoms with Crippen LogP contribution in [0.1, 0.15) is 10.4 Å². The molecule has 2 N–H and O–H groups in total. The molecule has 14 heteroatoms. The quantitative estimate of drug-likeness (QED) is 0.577. The zero-order valence-electron chi connectivity index (χ0n) is 15.1. The Morgan fingerprint density at radius 3 is 2.43 bits per heavy atom. The number of ether oxygens (including phenoxy) is 3. The van der Waals surface area contributed by atoms with Crippen LogP contribution in [0.4, 0.5) is 10.6 Å². The molecule has 0 unspecified atom stereocenters. The third-order valence-corrected chi connectivity index (χ3v) is 5.27. The summed E-state index contributed by atoms with van der Waals surface area (Å²) in [5.74, 6) is -0.502. The highest BCUT2D eigenvalue weighted by Gasteiger charge is 2.32. The normalized spacial score (nSPS) is 10.9. The van der Waals surface area contributed by atoms with Gasteiger partial charge in [0.05, 0.1) is 21.3 Å². The van der Waals surface area contributed by atoms with Crippen LogP contribution in [0.3, 0.4) is 0 Å². The summed E-state index contributed by atoms with van der Waals surface area (Å²) < 4.78 is 42.5. The molecule has 0 bridgehead atoms. The average Bonchev–Trinajstić information content (AvgIpc) is 2.94. The number of hydrogen-bond donors (Lipinski definition) is 2. The van der Waals surface area contributed by atoms with Gasteiger partial charge in [-0.15, -0.1) is 0 Å². The molecule has 2 aromatic heterocycles. The van der Waals surface area contributed by atoms with E-state index in [9.17, 15) is 18.0 Å². The highest BCUT2D eigenvalue weighted by atomic mass is 79.9. The van der Waals surface area contributed by atoms with Crippen LogP contribution in [-0.4, -0.2) is 56.5 Å². The first kappa shape index (κ1) is 21.4. The Kier molecular flexibility index (Phi) is 6.45. The number of urea groups is 1. The summed E-state index contributed by atoms with van der Waals surface area (Å²) in [6.07, 6.45) is 0. The van der Waals surface area contributed by atoms with Crippen LogP contribution in [-0.2, 0) is 21.8 Å². The molecule has 2 amide bonds.